The average molecular weight is 384 g/mol. The van der Waals surface area contributed by atoms with E-state index in [0.717, 1.165) is 30.5 Å². The van der Waals surface area contributed by atoms with Crippen LogP contribution in [-0.2, 0) is 0 Å². The molecule has 4 bridgehead atoms. The first-order valence-corrected chi connectivity index (χ1v) is 10.2. The maximum absolute atomic E-state index is 14.7. The monoisotopic (exact) mass is 384 g/mol. The molecule has 3 N–H and O–H groups in total. The van der Waals surface area contributed by atoms with Crippen LogP contribution in [0.5, 0.6) is 0 Å². The number of hydrogen-bond donors (Lipinski definition) is 3. The maximum atomic E-state index is 14.7. The second-order valence-corrected chi connectivity index (χ2v) is 9.97. The van der Waals surface area contributed by atoms with Crippen molar-refractivity contribution in [1.82, 2.24) is 9.55 Å². The van der Waals surface area contributed by atoms with E-state index in [4.69, 9.17) is 0 Å². The minimum atomic E-state index is -0.881. The van der Waals surface area contributed by atoms with E-state index >= 15 is 0 Å². The summed E-state index contributed by atoms with van der Waals surface area (Å²) in [7, 11) is 0. The third-order valence-corrected chi connectivity index (χ3v) is 7.87. The van der Waals surface area contributed by atoms with Crippen molar-refractivity contribution in [3.63, 3.8) is 0 Å². The van der Waals surface area contributed by atoms with Gasteiger partial charge in [0.2, 0.25) is 0 Å². The number of rotatable bonds is 3. The number of imidazole rings is 1. The smallest absolute Gasteiger partial charge is 0.129 e. The maximum Gasteiger partial charge on any atom is 0.129 e. The Hall–Kier alpha value is -1.76. The molecule has 0 radical (unpaired) electrons. The van der Waals surface area contributed by atoms with Crippen LogP contribution < -0.4 is 0 Å². The zero-order valence-electron chi connectivity index (χ0n) is 15.7. The van der Waals surface area contributed by atoms with Crippen LogP contribution in [0.4, 0.5) is 4.39 Å². The van der Waals surface area contributed by atoms with Gasteiger partial charge < -0.3 is 19.9 Å². The molecule has 5 aliphatic rings. The van der Waals surface area contributed by atoms with E-state index in [2.05, 4.69) is 4.98 Å². The highest BCUT2D eigenvalue weighted by atomic mass is 19.1. The van der Waals surface area contributed by atoms with Crippen molar-refractivity contribution in [2.75, 3.05) is 0 Å². The van der Waals surface area contributed by atoms with Crippen LogP contribution in [-0.4, -0.2) is 42.2 Å². The average Bonchev–Trinajstić information content (AvgIpc) is 3.15. The van der Waals surface area contributed by atoms with Crippen molar-refractivity contribution in [1.29, 1.82) is 0 Å². The van der Waals surface area contributed by atoms with Crippen molar-refractivity contribution >= 4 is 0 Å². The molecule has 0 amide bonds. The summed E-state index contributed by atoms with van der Waals surface area (Å²) < 4.78 is 16.7. The van der Waals surface area contributed by atoms with Gasteiger partial charge in [0.25, 0.3) is 0 Å². The Balaban J connectivity index is 1.37. The van der Waals surface area contributed by atoms with E-state index in [0.29, 0.717) is 31.2 Å². The van der Waals surface area contributed by atoms with Gasteiger partial charge in [0.05, 0.1) is 41.6 Å². The van der Waals surface area contributed by atoms with Gasteiger partial charge in [-0.05, 0) is 50.5 Å². The third kappa shape index (κ3) is 2.19. The second-order valence-electron chi connectivity index (χ2n) is 9.97. The molecule has 4 fully saturated rings. The lowest BCUT2D eigenvalue weighted by Gasteiger charge is -2.64. The fourth-order valence-corrected chi connectivity index (χ4v) is 7.47. The fourth-order valence-electron chi connectivity index (χ4n) is 7.47. The lowest BCUT2D eigenvalue weighted by molar-refractivity contribution is -0.252. The van der Waals surface area contributed by atoms with Gasteiger partial charge in [-0.25, -0.2) is 9.37 Å². The first-order chi connectivity index (χ1) is 13.3. The van der Waals surface area contributed by atoms with E-state index in [-0.39, 0.29) is 17.8 Å². The Morgan fingerprint density at radius 2 is 1.89 bits per heavy atom. The van der Waals surface area contributed by atoms with Crippen LogP contribution in [0.2, 0.25) is 0 Å². The molecule has 148 valence electrons. The molecule has 28 heavy (non-hydrogen) atoms. The number of aliphatic hydroxyl groups is 3. The van der Waals surface area contributed by atoms with Gasteiger partial charge in [-0.3, -0.25) is 0 Å². The number of nitrogens with zero attached hydrogens (tertiary/aromatic N) is 2. The highest BCUT2D eigenvalue weighted by Crippen LogP contribution is 2.65. The van der Waals surface area contributed by atoms with Crippen molar-refractivity contribution in [3.05, 3.63) is 42.1 Å². The standard InChI is InChI=1S/C22H25FN2O3/c23-15-3-1-2-14-17-8-24-12-25(17)16(19(14)15)4-18(26)20-5-13-6-21(27,9-20)11-22(28,7-13)10-20/h1-3,8,12-13,16,18,26-28H,4-7,9-11H2/t13?,16-,18-,20?,21?,22?/m1/s1. The van der Waals surface area contributed by atoms with E-state index in [1.807, 2.05) is 10.6 Å². The lowest BCUT2D eigenvalue weighted by atomic mass is 9.44. The Morgan fingerprint density at radius 3 is 2.61 bits per heavy atom. The Labute approximate surface area is 162 Å². The topological polar surface area (TPSA) is 78.5 Å². The third-order valence-electron chi connectivity index (χ3n) is 7.87. The van der Waals surface area contributed by atoms with E-state index in [1.165, 1.54) is 6.07 Å². The molecule has 2 aromatic rings. The number of hydrogen-bond acceptors (Lipinski definition) is 4. The number of aliphatic hydroxyl groups excluding tert-OH is 1. The molecule has 0 spiro atoms. The SMILES string of the molecule is O[C@H](C[C@@H]1c2c(F)cccc2-c2cncn21)C12CC3CC(O)(CC(O)(C3)C1)C2. The number of aromatic nitrogens is 2. The first-order valence-electron chi connectivity index (χ1n) is 10.2. The molecule has 4 atom stereocenters. The molecule has 4 saturated carbocycles. The molecular formula is C22H25FN2O3. The summed E-state index contributed by atoms with van der Waals surface area (Å²) in [5, 5.41) is 33.5. The van der Waals surface area contributed by atoms with Crippen molar-refractivity contribution in [2.24, 2.45) is 11.3 Å². The van der Waals surface area contributed by atoms with Gasteiger partial charge in [0.15, 0.2) is 0 Å². The molecule has 2 heterocycles. The predicted molar refractivity (Wildman–Crippen MR) is 99.9 cm³/mol. The van der Waals surface area contributed by atoms with Crippen molar-refractivity contribution < 1.29 is 19.7 Å². The quantitative estimate of drug-likeness (QED) is 0.760. The molecule has 1 aliphatic heterocycles. The summed E-state index contributed by atoms with van der Waals surface area (Å²) in [5.74, 6) is -0.0153. The van der Waals surface area contributed by atoms with Crippen LogP contribution in [0.1, 0.15) is 56.6 Å². The molecule has 1 aromatic heterocycles. The van der Waals surface area contributed by atoms with Gasteiger partial charge in [-0.15, -0.1) is 0 Å². The summed E-state index contributed by atoms with van der Waals surface area (Å²) in [6, 6.07) is 4.75. The first kappa shape index (κ1) is 17.1. The summed E-state index contributed by atoms with van der Waals surface area (Å²) >= 11 is 0. The van der Waals surface area contributed by atoms with Crippen molar-refractivity contribution in [3.8, 4) is 11.3 Å². The van der Waals surface area contributed by atoms with Crippen LogP contribution >= 0.6 is 0 Å². The molecule has 0 saturated heterocycles. The van der Waals surface area contributed by atoms with Crippen LogP contribution in [0.3, 0.4) is 0 Å². The second kappa shape index (κ2) is 5.23. The normalized spacial score (nSPS) is 41.1. The van der Waals surface area contributed by atoms with Crippen LogP contribution in [0.15, 0.2) is 30.7 Å². The lowest BCUT2D eigenvalue weighted by Crippen LogP contribution is -2.65. The molecule has 4 aliphatic carbocycles. The highest BCUT2D eigenvalue weighted by molar-refractivity contribution is 5.69. The molecule has 6 heteroatoms. The minimum absolute atomic E-state index is 0.248. The largest absolute Gasteiger partial charge is 0.392 e. The Bertz CT molecular complexity index is 954. The zero-order chi connectivity index (χ0) is 19.3. The Kier molecular flexibility index (Phi) is 3.20. The molecular weight excluding hydrogens is 359 g/mol. The number of benzene rings is 1. The van der Waals surface area contributed by atoms with Gasteiger partial charge in [-0.2, -0.15) is 0 Å². The number of fused-ring (bicyclic) bond motifs is 3. The molecule has 5 nitrogen and oxygen atoms in total. The Morgan fingerprint density at radius 1 is 1.14 bits per heavy atom. The summed E-state index contributed by atoms with van der Waals surface area (Å²) in [4.78, 5) is 4.22. The molecule has 1 aromatic carbocycles. The molecule has 7 rings (SSSR count). The predicted octanol–water partition coefficient (Wildman–Crippen LogP) is 2.79. The van der Waals surface area contributed by atoms with Gasteiger partial charge in [0.1, 0.15) is 5.82 Å². The summed E-state index contributed by atoms with van der Waals surface area (Å²) in [6.07, 6.45) is 6.79. The fraction of sp³-hybridized carbons (Fsp3) is 0.591. The molecule has 2 unspecified atom stereocenters. The van der Waals surface area contributed by atoms with Crippen molar-refractivity contribution in [2.45, 2.75) is 68.3 Å². The van der Waals surface area contributed by atoms with E-state index in [9.17, 15) is 19.7 Å². The minimum Gasteiger partial charge on any atom is -0.392 e. The van der Waals surface area contributed by atoms with Crippen LogP contribution in [0.25, 0.3) is 11.3 Å². The van der Waals surface area contributed by atoms with Crippen LogP contribution in [0, 0.1) is 17.2 Å². The summed E-state index contributed by atoms with van der Waals surface area (Å²) in [5.41, 5.74) is 0.0491. The zero-order valence-corrected chi connectivity index (χ0v) is 15.7. The van der Waals surface area contributed by atoms with Gasteiger partial charge in [0, 0.05) is 23.0 Å². The van der Waals surface area contributed by atoms with Gasteiger partial charge in [-0.1, -0.05) is 12.1 Å². The van der Waals surface area contributed by atoms with E-state index < -0.39 is 22.7 Å². The van der Waals surface area contributed by atoms with E-state index in [1.54, 1.807) is 18.6 Å². The summed E-state index contributed by atoms with van der Waals surface area (Å²) in [6.45, 7) is 0. The number of halogens is 1. The highest BCUT2D eigenvalue weighted by Gasteiger charge is 2.64. The van der Waals surface area contributed by atoms with Gasteiger partial charge >= 0.3 is 0 Å².